The summed E-state index contributed by atoms with van der Waals surface area (Å²) in [6.45, 7) is 4.66. The summed E-state index contributed by atoms with van der Waals surface area (Å²) >= 11 is 12.1. The molecule has 0 aliphatic carbocycles. The number of rotatable bonds is 8. The van der Waals surface area contributed by atoms with Gasteiger partial charge in [-0.25, -0.2) is 0 Å². The number of carbonyl (C=O) groups is 2. The highest BCUT2D eigenvalue weighted by atomic mass is 35.5. The van der Waals surface area contributed by atoms with E-state index in [1.807, 2.05) is 53.1 Å². The number of halogens is 2. The van der Waals surface area contributed by atoms with Crippen molar-refractivity contribution in [3.63, 3.8) is 0 Å². The van der Waals surface area contributed by atoms with Gasteiger partial charge in [-0.05, 0) is 49.6 Å². The van der Waals surface area contributed by atoms with Crippen LogP contribution >= 0.6 is 23.2 Å². The van der Waals surface area contributed by atoms with E-state index in [1.165, 1.54) is 0 Å². The first-order valence-corrected chi connectivity index (χ1v) is 11.4. The van der Waals surface area contributed by atoms with Crippen LogP contribution in [0.15, 0.2) is 48.5 Å². The van der Waals surface area contributed by atoms with Gasteiger partial charge in [-0.3, -0.25) is 9.59 Å². The third-order valence-electron chi connectivity index (χ3n) is 5.58. The van der Waals surface area contributed by atoms with Crippen molar-refractivity contribution < 1.29 is 14.3 Å². The zero-order chi connectivity index (χ0) is 22.2. The van der Waals surface area contributed by atoms with E-state index in [1.54, 1.807) is 12.1 Å². The van der Waals surface area contributed by atoms with E-state index in [4.69, 9.17) is 27.9 Å². The Labute approximate surface area is 193 Å². The first-order valence-electron chi connectivity index (χ1n) is 10.7. The Balaban J connectivity index is 1.45. The van der Waals surface area contributed by atoms with Crippen LogP contribution in [0, 0.1) is 5.92 Å². The molecular weight excluding hydrogens is 435 g/mol. The van der Waals surface area contributed by atoms with E-state index >= 15 is 0 Å². The summed E-state index contributed by atoms with van der Waals surface area (Å²) in [6, 6.07) is 14.9. The molecule has 1 saturated heterocycles. The van der Waals surface area contributed by atoms with Crippen LogP contribution in [-0.4, -0.2) is 47.9 Å². The summed E-state index contributed by atoms with van der Waals surface area (Å²) in [6.07, 6.45) is 1.70. The normalized spacial score (nSPS) is 14.4. The smallest absolute Gasteiger partial charge is 0.226 e. The van der Waals surface area contributed by atoms with Crippen molar-refractivity contribution in [2.24, 2.45) is 5.92 Å². The highest BCUT2D eigenvalue weighted by Crippen LogP contribution is 2.25. The monoisotopic (exact) mass is 462 g/mol. The molecular formula is C24H28Cl2N2O3. The van der Waals surface area contributed by atoms with Crippen molar-refractivity contribution in [2.45, 2.75) is 32.7 Å². The van der Waals surface area contributed by atoms with Gasteiger partial charge in [0.2, 0.25) is 11.8 Å². The summed E-state index contributed by atoms with van der Waals surface area (Å²) in [4.78, 5) is 29.2. The molecule has 1 aliphatic rings. The number of hydrogen-bond acceptors (Lipinski definition) is 3. The molecule has 1 heterocycles. The molecule has 0 aromatic heterocycles. The molecule has 31 heavy (non-hydrogen) atoms. The zero-order valence-corrected chi connectivity index (χ0v) is 19.2. The highest BCUT2D eigenvalue weighted by molar-refractivity contribution is 6.42. The third-order valence-corrected chi connectivity index (χ3v) is 6.31. The Morgan fingerprint density at radius 3 is 2.42 bits per heavy atom. The maximum Gasteiger partial charge on any atom is 0.226 e. The van der Waals surface area contributed by atoms with E-state index < -0.39 is 0 Å². The van der Waals surface area contributed by atoms with Gasteiger partial charge in [0.05, 0.1) is 23.1 Å². The fraction of sp³-hybridized carbons (Fsp3) is 0.417. The molecule has 0 spiro atoms. The molecule has 2 amide bonds. The predicted octanol–water partition coefficient (Wildman–Crippen LogP) is 5.05. The number of likely N-dealkylation sites (tertiary alicyclic amines) is 1. The maximum absolute atomic E-state index is 13.0. The van der Waals surface area contributed by atoms with Gasteiger partial charge in [-0.1, -0.05) is 47.5 Å². The second-order valence-corrected chi connectivity index (χ2v) is 8.48. The van der Waals surface area contributed by atoms with Gasteiger partial charge in [0.15, 0.2) is 0 Å². The maximum atomic E-state index is 13.0. The predicted molar refractivity (Wildman–Crippen MR) is 123 cm³/mol. The van der Waals surface area contributed by atoms with E-state index in [9.17, 15) is 9.59 Å². The average Bonchev–Trinajstić information content (AvgIpc) is 2.80. The average molecular weight is 463 g/mol. The molecule has 0 bridgehead atoms. The SMILES string of the molecule is CCN(Cc1ccc(Cl)c(Cl)c1)C(=O)C1CCN(C(=O)CCOc2ccccc2)CC1. The van der Waals surface area contributed by atoms with E-state index in [-0.39, 0.29) is 17.7 Å². The molecule has 0 radical (unpaired) electrons. The quantitative estimate of drug-likeness (QED) is 0.551. The fourth-order valence-corrected chi connectivity index (χ4v) is 4.09. The number of ether oxygens (including phenoxy) is 1. The van der Waals surface area contributed by atoms with Crippen LogP contribution in [0.2, 0.25) is 10.0 Å². The number of nitrogens with zero attached hydrogens (tertiary/aromatic N) is 2. The molecule has 1 aliphatic heterocycles. The molecule has 0 N–H and O–H groups in total. The molecule has 5 nitrogen and oxygen atoms in total. The largest absolute Gasteiger partial charge is 0.493 e. The third kappa shape index (κ3) is 6.62. The lowest BCUT2D eigenvalue weighted by Crippen LogP contribution is -2.44. The van der Waals surface area contributed by atoms with Crippen molar-refractivity contribution in [3.8, 4) is 5.75 Å². The lowest BCUT2D eigenvalue weighted by Gasteiger charge is -2.34. The first kappa shape index (κ1) is 23.4. The minimum atomic E-state index is -0.0626. The molecule has 7 heteroatoms. The number of carbonyl (C=O) groups excluding carboxylic acids is 2. The molecule has 1 fully saturated rings. The Morgan fingerprint density at radius 2 is 1.77 bits per heavy atom. The number of amides is 2. The molecule has 0 saturated carbocycles. The van der Waals surface area contributed by atoms with Gasteiger partial charge in [0.25, 0.3) is 0 Å². The summed E-state index contributed by atoms with van der Waals surface area (Å²) in [5.41, 5.74) is 0.954. The van der Waals surface area contributed by atoms with Crippen LogP contribution in [0.5, 0.6) is 5.75 Å². The lowest BCUT2D eigenvalue weighted by molar-refractivity contribution is -0.141. The summed E-state index contributed by atoms with van der Waals surface area (Å²) in [5, 5.41) is 0.997. The van der Waals surface area contributed by atoms with Gasteiger partial charge in [-0.2, -0.15) is 0 Å². The van der Waals surface area contributed by atoms with Crippen LogP contribution in [0.4, 0.5) is 0 Å². The van der Waals surface area contributed by atoms with Crippen molar-refractivity contribution >= 4 is 35.0 Å². The van der Waals surface area contributed by atoms with Crippen molar-refractivity contribution in [1.29, 1.82) is 0 Å². The standard InChI is InChI=1S/C24H28Cl2N2O3/c1-2-27(17-18-8-9-21(25)22(26)16-18)24(30)19-10-13-28(14-11-19)23(29)12-15-31-20-6-4-3-5-7-20/h3-9,16,19H,2,10-15,17H2,1H3. The van der Waals surface area contributed by atoms with Crippen molar-refractivity contribution in [2.75, 3.05) is 26.2 Å². The van der Waals surface area contributed by atoms with Crippen molar-refractivity contribution in [3.05, 3.63) is 64.1 Å². The Bertz CT molecular complexity index is 884. The van der Waals surface area contributed by atoms with E-state index in [0.717, 1.165) is 11.3 Å². The second kappa shape index (κ2) is 11.4. The minimum Gasteiger partial charge on any atom is -0.493 e. The van der Waals surface area contributed by atoms with Gasteiger partial charge in [0.1, 0.15) is 5.75 Å². The van der Waals surface area contributed by atoms with Crippen LogP contribution in [-0.2, 0) is 16.1 Å². The van der Waals surface area contributed by atoms with Crippen LogP contribution in [0.1, 0.15) is 31.7 Å². The van der Waals surface area contributed by atoms with Gasteiger partial charge < -0.3 is 14.5 Å². The molecule has 0 atom stereocenters. The number of benzene rings is 2. The summed E-state index contributed by atoms with van der Waals surface area (Å²) in [5.74, 6) is 0.909. The van der Waals surface area contributed by atoms with Crippen LogP contribution in [0.3, 0.4) is 0 Å². The Morgan fingerprint density at radius 1 is 1.06 bits per heavy atom. The number of para-hydroxylation sites is 1. The fourth-order valence-electron chi connectivity index (χ4n) is 3.77. The number of piperidine rings is 1. The number of hydrogen-bond donors (Lipinski definition) is 0. The van der Waals surface area contributed by atoms with E-state index in [2.05, 4.69) is 0 Å². The van der Waals surface area contributed by atoms with Gasteiger partial charge >= 0.3 is 0 Å². The Kier molecular flexibility index (Phi) is 8.61. The topological polar surface area (TPSA) is 49.9 Å². The molecule has 0 unspecified atom stereocenters. The molecule has 3 rings (SSSR count). The first-order chi connectivity index (χ1) is 15.0. The Hall–Kier alpha value is -2.24. The van der Waals surface area contributed by atoms with Gasteiger partial charge in [-0.15, -0.1) is 0 Å². The van der Waals surface area contributed by atoms with Crippen LogP contribution < -0.4 is 4.74 Å². The summed E-state index contributed by atoms with van der Waals surface area (Å²) in [7, 11) is 0. The van der Waals surface area contributed by atoms with Crippen LogP contribution in [0.25, 0.3) is 0 Å². The van der Waals surface area contributed by atoms with Crippen molar-refractivity contribution in [1.82, 2.24) is 9.80 Å². The molecule has 166 valence electrons. The highest BCUT2D eigenvalue weighted by Gasteiger charge is 2.29. The lowest BCUT2D eigenvalue weighted by atomic mass is 9.94. The second-order valence-electron chi connectivity index (χ2n) is 7.67. The van der Waals surface area contributed by atoms with Gasteiger partial charge in [0, 0.05) is 32.1 Å². The molecule has 2 aromatic rings. The summed E-state index contributed by atoms with van der Waals surface area (Å²) < 4.78 is 5.62. The molecule has 2 aromatic carbocycles. The zero-order valence-electron chi connectivity index (χ0n) is 17.7. The minimum absolute atomic E-state index is 0.0626. The van der Waals surface area contributed by atoms with E-state index in [0.29, 0.717) is 62.1 Å².